The van der Waals surface area contributed by atoms with Crippen molar-refractivity contribution in [1.82, 2.24) is 10.3 Å². The quantitative estimate of drug-likeness (QED) is 0.817. The van der Waals surface area contributed by atoms with E-state index < -0.39 is 0 Å². The van der Waals surface area contributed by atoms with Crippen LogP contribution < -0.4 is 10.2 Å². The number of hydrogen-bond acceptors (Lipinski definition) is 4. The second-order valence-electron chi connectivity index (χ2n) is 6.89. The molecule has 24 heavy (non-hydrogen) atoms. The van der Waals surface area contributed by atoms with Gasteiger partial charge in [-0.3, -0.25) is 4.79 Å². The van der Waals surface area contributed by atoms with Gasteiger partial charge in [0.05, 0.1) is 12.3 Å². The van der Waals surface area contributed by atoms with E-state index in [4.69, 9.17) is 4.74 Å². The van der Waals surface area contributed by atoms with Crippen molar-refractivity contribution in [2.24, 2.45) is 11.0 Å². The molecule has 5 nitrogen and oxygen atoms in total. The van der Waals surface area contributed by atoms with Crippen molar-refractivity contribution in [1.29, 1.82) is 0 Å². The van der Waals surface area contributed by atoms with Gasteiger partial charge in [0.25, 0.3) is 0 Å². The number of carbonyl (C=O) groups excluding carboxylic acids is 1. The molecule has 5 heteroatoms. The molecule has 1 saturated heterocycles. The lowest BCUT2D eigenvalue weighted by Gasteiger charge is -2.20. The lowest BCUT2D eigenvalue weighted by Crippen LogP contribution is -2.33. The number of rotatable bonds is 6. The summed E-state index contributed by atoms with van der Waals surface area (Å²) < 4.78 is 5.85. The van der Waals surface area contributed by atoms with Gasteiger partial charge in [-0.25, -0.2) is 5.43 Å². The smallest absolute Gasteiger partial charge is 0.243 e. The molecule has 0 aromatic heterocycles. The average Bonchev–Trinajstić information content (AvgIpc) is 3.00. The minimum Gasteiger partial charge on any atom is -0.494 e. The van der Waals surface area contributed by atoms with Gasteiger partial charge in [0.1, 0.15) is 5.75 Å². The first kappa shape index (κ1) is 17.0. The maximum absolute atomic E-state index is 11.4. The van der Waals surface area contributed by atoms with Gasteiger partial charge in [-0.05, 0) is 62.6 Å². The maximum atomic E-state index is 11.4. The van der Waals surface area contributed by atoms with Crippen molar-refractivity contribution in [3.05, 3.63) is 29.8 Å². The fourth-order valence-corrected chi connectivity index (χ4v) is 3.37. The standard InChI is InChI=1S/C19H27N3O2/c1-14-13-18(20-21-19(14)23)16-6-8-17(9-7-16)24-12-4-11-22-10-3-5-15(22)2/h6-9,14-15H,3-5,10-13H2,1-2H3,(H,21,23)/t14?,15-/m1/s1. The van der Waals surface area contributed by atoms with Crippen LogP contribution in [0.15, 0.2) is 29.4 Å². The van der Waals surface area contributed by atoms with Gasteiger partial charge in [0.2, 0.25) is 5.91 Å². The molecule has 0 bridgehead atoms. The third-order valence-corrected chi connectivity index (χ3v) is 4.98. The molecule has 1 N–H and O–H groups in total. The topological polar surface area (TPSA) is 53.9 Å². The van der Waals surface area contributed by atoms with Crippen molar-refractivity contribution in [3.8, 4) is 5.75 Å². The van der Waals surface area contributed by atoms with E-state index in [1.54, 1.807) is 0 Å². The fourth-order valence-electron chi connectivity index (χ4n) is 3.37. The van der Waals surface area contributed by atoms with Crippen molar-refractivity contribution < 1.29 is 9.53 Å². The van der Waals surface area contributed by atoms with Gasteiger partial charge < -0.3 is 9.64 Å². The van der Waals surface area contributed by atoms with Crippen LogP contribution in [0.5, 0.6) is 5.75 Å². The Bertz CT molecular complexity index is 597. The normalized spacial score (nSPS) is 24.6. The Labute approximate surface area is 144 Å². The van der Waals surface area contributed by atoms with E-state index in [2.05, 4.69) is 22.4 Å². The number of hydrazone groups is 1. The molecule has 0 saturated carbocycles. The van der Waals surface area contributed by atoms with E-state index in [0.717, 1.165) is 42.6 Å². The van der Waals surface area contributed by atoms with Crippen molar-refractivity contribution >= 4 is 11.6 Å². The lowest BCUT2D eigenvalue weighted by atomic mass is 9.97. The zero-order valence-corrected chi connectivity index (χ0v) is 14.6. The van der Waals surface area contributed by atoms with Crippen LogP contribution in [0.1, 0.15) is 45.1 Å². The molecular formula is C19H27N3O2. The van der Waals surface area contributed by atoms with Crippen molar-refractivity contribution in [2.75, 3.05) is 19.7 Å². The highest BCUT2D eigenvalue weighted by Crippen LogP contribution is 2.19. The Morgan fingerprint density at radius 3 is 2.75 bits per heavy atom. The summed E-state index contributed by atoms with van der Waals surface area (Å²) in [4.78, 5) is 14.0. The Morgan fingerprint density at radius 1 is 1.29 bits per heavy atom. The molecule has 1 unspecified atom stereocenters. The molecule has 1 amide bonds. The average molecular weight is 329 g/mol. The van der Waals surface area contributed by atoms with E-state index in [-0.39, 0.29) is 11.8 Å². The van der Waals surface area contributed by atoms with Crippen LogP contribution in [0.25, 0.3) is 0 Å². The summed E-state index contributed by atoms with van der Waals surface area (Å²) >= 11 is 0. The summed E-state index contributed by atoms with van der Waals surface area (Å²) in [5, 5.41) is 4.16. The summed E-state index contributed by atoms with van der Waals surface area (Å²) in [6, 6.07) is 8.72. The number of likely N-dealkylation sites (tertiary alicyclic amines) is 1. The second kappa shape index (κ2) is 7.79. The summed E-state index contributed by atoms with van der Waals surface area (Å²) in [6.07, 6.45) is 4.39. The van der Waals surface area contributed by atoms with Crippen LogP contribution in [-0.4, -0.2) is 42.3 Å². The van der Waals surface area contributed by atoms with Crippen LogP contribution in [0.3, 0.4) is 0 Å². The predicted molar refractivity (Wildman–Crippen MR) is 95.3 cm³/mol. The molecule has 1 aromatic rings. The molecule has 1 fully saturated rings. The molecular weight excluding hydrogens is 302 g/mol. The summed E-state index contributed by atoms with van der Waals surface area (Å²) in [5.41, 5.74) is 4.55. The number of carbonyl (C=O) groups is 1. The minimum atomic E-state index is -0.0265. The Kier molecular flexibility index (Phi) is 5.51. The van der Waals surface area contributed by atoms with Gasteiger partial charge in [-0.15, -0.1) is 0 Å². The first-order chi connectivity index (χ1) is 11.6. The first-order valence-electron chi connectivity index (χ1n) is 8.97. The minimum absolute atomic E-state index is 0.00831. The maximum Gasteiger partial charge on any atom is 0.243 e. The molecule has 130 valence electrons. The van der Waals surface area contributed by atoms with E-state index >= 15 is 0 Å². The zero-order chi connectivity index (χ0) is 16.9. The largest absolute Gasteiger partial charge is 0.494 e. The lowest BCUT2D eigenvalue weighted by molar-refractivity contribution is -0.124. The van der Waals surface area contributed by atoms with E-state index in [9.17, 15) is 4.79 Å². The van der Waals surface area contributed by atoms with Gasteiger partial charge in [-0.2, -0.15) is 5.10 Å². The molecule has 2 heterocycles. The summed E-state index contributed by atoms with van der Waals surface area (Å²) in [7, 11) is 0. The van der Waals surface area contributed by atoms with E-state index in [0.29, 0.717) is 6.42 Å². The molecule has 2 atom stereocenters. The van der Waals surface area contributed by atoms with Crippen LogP contribution in [0.4, 0.5) is 0 Å². The van der Waals surface area contributed by atoms with Gasteiger partial charge in [0, 0.05) is 24.9 Å². The van der Waals surface area contributed by atoms with Crippen molar-refractivity contribution in [2.45, 2.75) is 45.6 Å². The molecule has 1 aromatic carbocycles. The van der Waals surface area contributed by atoms with E-state index in [1.807, 2.05) is 31.2 Å². The third-order valence-electron chi connectivity index (χ3n) is 4.98. The molecule has 3 rings (SSSR count). The Balaban J connectivity index is 1.45. The monoisotopic (exact) mass is 329 g/mol. The molecule has 0 radical (unpaired) electrons. The van der Waals surface area contributed by atoms with Crippen LogP contribution in [0.2, 0.25) is 0 Å². The fraction of sp³-hybridized carbons (Fsp3) is 0.579. The summed E-state index contributed by atoms with van der Waals surface area (Å²) in [6.45, 7) is 7.32. The number of amides is 1. The first-order valence-corrected chi connectivity index (χ1v) is 8.97. The van der Waals surface area contributed by atoms with Gasteiger partial charge in [-0.1, -0.05) is 6.92 Å². The zero-order valence-electron chi connectivity index (χ0n) is 14.6. The molecule has 2 aliphatic heterocycles. The third kappa shape index (κ3) is 4.15. The number of nitrogens with zero attached hydrogens (tertiary/aromatic N) is 2. The van der Waals surface area contributed by atoms with Crippen LogP contribution >= 0.6 is 0 Å². The number of benzene rings is 1. The highest BCUT2D eigenvalue weighted by atomic mass is 16.5. The molecule has 0 spiro atoms. The number of ether oxygens (including phenoxy) is 1. The van der Waals surface area contributed by atoms with E-state index in [1.165, 1.54) is 19.4 Å². The summed E-state index contributed by atoms with van der Waals surface area (Å²) in [5.74, 6) is 0.856. The highest BCUT2D eigenvalue weighted by molar-refractivity contribution is 6.04. The number of nitrogens with one attached hydrogen (secondary N) is 1. The highest BCUT2D eigenvalue weighted by Gasteiger charge is 2.21. The Morgan fingerprint density at radius 2 is 2.08 bits per heavy atom. The van der Waals surface area contributed by atoms with Crippen molar-refractivity contribution in [3.63, 3.8) is 0 Å². The second-order valence-corrected chi connectivity index (χ2v) is 6.89. The predicted octanol–water partition coefficient (Wildman–Crippen LogP) is 2.80. The SMILES string of the molecule is CC1CC(c2ccc(OCCCN3CCC[C@H]3C)cc2)=NNC1=O. The number of hydrogen-bond donors (Lipinski definition) is 1. The van der Waals surface area contributed by atoms with Crippen LogP contribution in [0, 0.1) is 5.92 Å². The van der Waals surface area contributed by atoms with Gasteiger partial charge in [0.15, 0.2) is 0 Å². The molecule has 2 aliphatic rings. The van der Waals surface area contributed by atoms with Gasteiger partial charge >= 0.3 is 0 Å². The Hall–Kier alpha value is -1.88. The molecule has 0 aliphatic carbocycles. The van der Waals surface area contributed by atoms with Crippen LogP contribution in [-0.2, 0) is 4.79 Å².